The Kier molecular flexibility index (Phi) is 4.19. The number of nitrogens with two attached hydrogens (primary N) is 1. The molecule has 0 bridgehead atoms. The van der Waals surface area contributed by atoms with Crippen LogP contribution in [0.4, 0.5) is 0 Å². The van der Waals surface area contributed by atoms with E-state index < -0.39 is 0 Å². The molecule has 17 heavy (non-hydrogen) atoms. The van der Waals surface area contributed by atoms with Gasteiger partial charge in [-0.3, -0.25) is 0 Å². The van der Waals surface area contributed by atoms with Crippen molar-refractivity contribution in [3.8, 4) is 0 Å². The molecule has 0 spiro atoms. The molecule has 0 aliphatic carbocycles. The highest BCUT2D eigenvalue weighted by molar-refractivity contribution is 7.17. The molecule has 0 aliphatic rings. The van der Waals surface area contributed by atoms with E-state index in [4.69, 9.17) is 5.73 Å². The van der Waals surface area contributed by atoms with Crippen molar-refractivity contribution >= 4 is 21.4 Å². The number of hydrogen-bond donors (Lipinski definition) is 1. The van der Waals surface area contributed by atoms with E-state index in [0.29, 0.717) is 6.04 Å². The van der Waals surface area contributed by atoms with Crippen molar-refractivity contribution in [2.45, 2.75) is 39.2 Å². The first-order valence-electron chi connectivity index (χ1n) is 6.41. The minimum Gasteiger partial charge on any atom is -0.327 e. The molecule has 2 heteroatoms. The Morgan fingerprint density at radius 1 is 1.29 bits per heavy atom. The molecule has 0 radical (unpaired) electrons. The summed E-state index contributed by atoms with van der Waals surface area (Å²) in [7, 11) is 0. The van der Waals surface area contributed by atoms with Crippen LogP contribution in [0.1, 0.15) is 32.3 Å². The fourth-order valence-corrected chi connectivity index (χ4v) is 3.22. The second-order valence-electron chi connectivity index (χ2n) is 4.97. The molecule has 2 N–H and O–H groups in total. The lowest BCUT2D eigenvalue weighted by Gasteiger charge is -2.15. The lowest BCUT2D eigenvalue weighted by molar-refractivity contribution is 0.451. The van der Waals surface area contributed by atoms with Crippen molar-refractivity contribution in [2.75, 3.05) is 0 Å². The SMILES string of the molecule is CCC(C)CC(N)Cc1csc2ccccc12. The normalized spacial score (nSPS) is 15.0. The van der Waals surface area contributed by atoms with Gasteiger partial charge in [0, 0.05) is 10.7 Å². The minimum absolute atomic E-state index is 0.294. The predicted octanol–water partition coefficient (Wildman–Crippen LogP) is 4.21. The Bertz CT molecular complexity index is 474. The zero-order chi connectivity index (χ0) is 12.3. The van der Waals surface area contributed by atoms with Gasteiger partial charge < -0.3 is 5.73 Å². The van der Waals surface area contributed by atoms with Crippen LogP contribution in [0.5, 0.6) is 0 Å². The maximum Gasteiger partial charge on any atom is 0.0345 e. The Balaban J connectivity index is 2.08. The average Bonchev–Trinajstić information content (AvgIpc) is 2.72. The van der Waals surface area contributed by atoms with Gasteiger partial charge in [0.25, 0.3) is 0 Å². The van der Waals surface area contributed by atoms with Gasteiger partial charge in [-0.1, -0.05) is 38.5 Å². The third-order valence-electron chi connectivity index (χ3n) is 3.45. The highest BCUT2D eigenvalue weighted by atomic mass is 32.1. The standard InChI is InChI=1S/C15H21NS/c1-3-11(2)8-13(16)9-12-10-17-15-7-5-4-6-14(12)15/h4-7,10-11,13H,3,8-9,16H2,1-2H3. The minimum atomic E-state index is 0.294. The van der Waals surface area contributed by atoms with Gasteiger partial charge in [-0.05, 0) is 41.2 Å². The molecule has 0 amide bonds. The summed E-state index contributed by atoms with van der Waals surface area (Å²) in [6, 6.07) is 8.89. The van der Waals surface area contributed by atoms with E-state index in [9.17, 15) is 0 Å². The third-order valence-corrected chi connectivity index (χ3v) is 4.46. The summed E-state index contributed by atoms with van der Waals surface area (Å²) >= 11 is 1.83. The van der Waals surface area contributed by atoms with Crippen LogP contribution in [-0.2, 0) is 6.42 Å². The molecule has 1 nitrogen and oxygen atoms in total. The predicted molar refractivity (Wildman–Crippen MR) is 77.6 cm³/mol. The van der Waals surface area contributed by atoms with Crippen molar-refractivity contribution in [3.63, 3.8) is 0 Å². The summed E-state index contributed by atoms with van der Waals surface area (Å²) in [6.45, 7) is 4.52. The largest absolute Gasteiger partial charge is 0.327 e. The molecule has 0 fully saturated rings. The van der Waals surface area contributed by atoms with Gasteiger partial charge in [0.05, 0.1) is 0 Å². The summed E-state index contributed by atoms with van der Waals surface area (Å²) in [5.41, 5.74) is 7.66. The molecule has 2 aromatic rings. The molecule has 1 aromatic heterocycles. The van der Waals surface area contributed by atoms with E-state index in [1.165, 1.54) is 22.1 Å². The average molecular weight is 247 g/mol. The Hall–Kier alpha value is -0.860. The summed E-state index contributed by atoms with van der Waals surface area (Å²) < 4.78 is 1.37. The molecule has 1 heterocycles. The highest BCUT2D eigenvalue weighted by Gasteiger charge is 2.11. The van der Waals surface area contributed by atoms with Crippen LogP contribution < -0.4 is 5.73 Å². The van der Waals surface area contributed by atoms with Gasteiger partial charge in [0.2, 0.25) is 0 Å². The molecule has 1 aromatic carbocycles. The summed E-state index contributed by atoms with van der Waals surface area (Å²) in [6.07, 6.45) is 3.35. The summed E-state index contributed by atoms with van der Waals surface area (Å²) in [5.74, 6) is 0.731. The van der Waals surface area contributed by atoms with Crippen LogP contribution in [-0.4, -0.2) is 6.04 Å². The second kappa shape index (κ2) is 5.65. The van der Waals surface area contributed by atoms with E-state index >= 15 is 0 Å². The molecule has 2 unspecified atom stereocenters. The fourth-order valence-electron chi connectivity index (χ4n) is 2.24. The lowest BCUT2D eigenvalue weighted by atomic mass is 9.95. The van der Waals surface area contributed by atoms with E-state index in [1.54, 1.807) is 0 Å². The number of thiophene rings is 1. The molecule has 2 atom stereocenters. The third kappa shape index (κ3) is 3.08. The van der Waals surface area contributed by atoms with Crippen molar-refractivity contribution in [2.24, 2.45) is 11.7 Å². The summed E-state index contributed by atoms with van der Waals surface area (Å²) in [4.78, 5) is 0. The Labute approximate surface area is 108 Å². The van der Waals surface area contributed by atoms with Crippen LogP contribution >= 0.6 is 11.3 Å². The van der Waals surface area contributed by atoms with Crippen molar-refractivity contribution in [3.05, 3.63) is 35.2 Å². The lowest BCUT2D eigenvalue weighted by Crippen LogP contribution is -2.25. The molecular formula is C15H21NS. The molecule has 0 saturated carbocycles. The van der Waals surface area contributed by atoms with Crippen LogP contribution in [0.3, 0.4) is 0 Å². The van der Waals surface area contributed by atoms with Crippen LogP contribution in [0, 0.1) is 5.92 Å². The van der Waals surface area contributed by atoms with Gasteiger partial charge in [-0.2, -0.15) is 0 Å². The molecule has 2 rings (SSSR count). The smallest absolute Gasteiger partial charge is 0.0345 e. The number of hydrogen-bond acceptors (Lipinski definition) is 2. The van der Waals surface area contributed by atoms with Gasteiger partial charge >= 0.3 is 0 Å². The molecule has 0 saturated heterocycles. The van der Waals surface area contributed by atoms with Gasteiger partial charge in [-0.25, -0.2) is 0 Å². The Morgan fingerprint density at radius 2 is 2.06 bits per heavy atom. The van der Waals surface area contributed by atoms with E-state index in [0.717, 1.165) is 18.8 Å². The van der Waals surface area contributed by atoms with Crippen LogP contribution in [0.15, 0.2) is 29.6 Å². The van der Waals surface area contributed by atoms with Gasteiger partial charge in [0.15, 0.2) is 0 Å². The first kappa shape index (κ1) is 12.6. The first-order chi connectivity index (χ1) is 8.20. The molecular weight excluding hydrogens is 226 g/mol. The highest BCUT2D eigenvalue weighted by Crippen LogP contribution is 2.27. The van der Waals surface area contributed by atoms with Gasteiger partial charge in [-0.15, -0.1) is 11.3 Å². The van der Waals surface area contributed by atoms with Gasteiger partial charge in [0.1, 0.15) is 0 Å². The fraction of sp³-hybridized carbons (Fsp3) is 0.467. The number of benzene rings is 1. The Morgan fingerprint density at radius 3 is 2.82 bits per heavy atom. The van der Waals surface area contributed by atoms with Crippen molar-refractivity contribution < 1.29 is 0 Å². The van der Waals surface area contributed by atoms with Crippen LogP contribution in [0.2, 0.25) is 0 Å². The van der Waals surface area contributed by atoms with Crippen molar-refractivity contribution in [1.82, 2.24) is 0 Å². The second-order valence-corrected chi connectivity index (χ2v) is 5.88. The zero-order valence-corrected chi connectivity index (χ0v) is 11.5. The molecule has 92 valence electrons. The number of rotatable bonds is 5. The summed E-state index contributed by atoms with van der Waals surface area (Å²) in [5, 5.41) is 3.65. The topological polar surface area (TPSA) is 26.0 Å². The zero-order valence-electron chi connectivity index (χ0n) is 10.6. The van der Waals surface area contributed by atoms with Crippen molar-refractivity contribution in [1.29, 1.82) is 0 Å². The van der Waals surface area contributed by atoms with E-state index in [-0.39, 0.29) is 0 Å². The monoisotopic (exact) mass is 247 g/mol. The van der Waals surface area contributed by atoms with E-state index in [1.807, 2.05) is 11.3 Å². The van der Waals surface area contributed by atoms with Crippen LogP contribution in [0.25, 0.3) is 10.1 Å². The first-order valence-corrected chi connectivity index (χ1v) is 7.29. The maximum absolute atomic E-state index is 6.24. The number of fused-ring (bicyclic) bond motifs is 1. The van der Waals surface area contributed by atoms with E-state index in [2.05, 4.69) is 43.5 Å². The maximum atomic E-state index is 6.24. The molecule has 0 aliphatic heterocycles. The quantitative estimate of drug-likeness (QED) is 0.841.